The Morgan fingerprint density at radius 1 is 1.20 bits per heavy atom. The van der Waals surface area contributed by atoms with Crippen molar-refractivity contribution in [2.45, 2.75) is 71.1 Å². The van der Waals surface area contributed by atoms with Crippen molar-refractivity contribution in [2.75, 3.05) is 6.54 Å². The van der Waals surface area contributed by atoms with Gasteiger partial charge in [0.25, 0.3) is 0 Å². The molecular formula is C17H28N2S. The number of nitrogens with one attached hydrogen (secondary N) is 1. The predicted octanol–water partition coefficient (Wildman–Crippen LogP) is 4.01. The van der Waals surface area contributed by atoms with E-state index in [1.165, 1.54) is 50.1 Å². The van der Waals surface area contributed by atoms with Crippen molar-refractivity contribution in [3.05, 3.63) is 21.9 Å². The van der Waals surface area contributed by atoms with Crippen molar-refractivity contribution in [1.29, 1.82) is 0 Å². The van der Waals surface area contributed by atoms with Crippen LogP contribution in [-0.2, 0) is 13.1 Å². The van der Waals surface area contributed by atoms with Gasteiger partial charge in [-0.3, -0.25) is 4.90 Å². The molecule has 2 heterocycles. The Hall–Kier alpha value is -0.380. The van der Waals surface area contributed by atoms with E-state index in [0.29, 0.717) is 6.04 Å². The van der Waals surface area contributed by atoms with E-state index >= 15 is 0 Å². The molecule has 0 aromatic carbocycles. The van der Waals surface area contributed by atoms with Crippen LogP contribution in [0.1, 0.15) is 55.7 Å². The van der Waals surface area contributed by atoms with E-state index in [2.05, 4.69) is 36.2 Å². The summed E-state index contributed by atoms with van der Waals surface area (Å²) in [4.78, 5) is 5.80. The van der Waals surface area contributed by atoms with Crippen LogP contribution in [0.4, 0.5) is 0 Å². The normalized spacial score (nSPS) is 27.1. The van der Waals surface area contributed by atoms with Crippen molar-refractivity contribution >= 4 is 11.3 Å². The average molecular weight is 292 g/mol. The summed E-state index contributed by atoms with van der Waals surface area (Å²) in [7, 11) is 0. The minimum atomic E-state index is 0.571. The number of thiophene rings is 1. The van der Waals surface area contributed by atoms with Crippen LogP contribution in [0, 0.1) is 5.92 Å². The molecule has 1 aromatic heterocycles. The highest BCUT2D eigenvalue weighted by Gasteiger charge is 2.34. The minimum absolute atomic E-state index is 0.571. The van der Waals surface area contributed by atoms with Gasteiger partial charge in [0.15, 0.2) is 0 Å². The Morgan fingerprint density at radius 2 is 2.00 bits per heavy atom. The lowest BCUT2D eigenvalue weighted by molar-refractivity contribution is 0.107. The molecule has 2 atom stereocenters. The Kier molecular flexibility index (Phi) is 4.79. The van der Waals surface area contributed by atoms with Crippen LogP contribution in [0.5, 0.6) is 0 Å². The number of likely N-dealkylation sites (tertiary alicyclic amines) is 1. The zero-order valence-corrected chi connectivity index (χ0v) is 13.7. The highest BCUT2D eigenvalue weighted by Crippen LogP contribution is 2.37. The quantitative estimate of drug-likeness (QED) is 0.882. The fraction of sp³-hybridized carbons (Fsp3) is 0.765. The number of nitrogens with zero attached hydrogens (tertiary/aromatic N) is 1. The maximum absolute atomic E-state index is 3.51. The summed E-state index contributed by atoms with van der Waals surface area (Å²) in [6.07, 6.45) is 7.27. The Morgan fingerprint density at radius 3 is 2.85 bits per heavy atom. The van der Waals surface area contributed by atoms with Gasteiger partial charge in [-0.15, -0.1) is 11.3 Å². The molecule has 112 valence electrons. The smallest absolute Gasteiger partial charge is 0.0331 e. The number of hydrogen-bond acceptors (Lipinski definition) is 3. The topological polar surface area (TPSA) is 15.3 Å². The first-order chi connectivity index (χ1) is 9.72. The van der Waals surface area contributed by atoms with E-state index in [0.717, 1.165) is 18.5 Å². The molecule has 0 bridgehead atoms. The van der Waals surface area contributed by atoms with Crippen molar-refractivity contribution in [1.82, 2.24) is 10.2 Å². The molecule has 2 aliphatic rings. The monoisotopic (exact) mass is 292 g/mol. The molecule has 0 radical (unpaired) electrons. The molecule has 1 saturated heterocycles. The standard InChI is InChI=1S/C17H28N2S/c1-13(2)18-11-15-8-9-16(20-15)12-19-10-4-6-14-5-3-7-17(14)19/h8-9,13-14,17-18H,3-7,10-12H2,1-2H3. The molecule has 2 nitrogen and oxygen atoms in total. The first kappa shape index (κ1) is 14.6. The molecule has 3 rings (SSSR count). The van der Waals surface area contributed by atoms with Crippen molar-refractivity contribution in [3.63, 3.8) is 0 Å². The molecule has 1 aliphatic heterocycles. The number of piperidine rings is 1. The third-order valence-corrected chi connectivity index (χ3v) is 5.94. The summed E-state index contributed by atoms with van der Waals surface area (Å²) >= 11 is 2.00. The van der Waals surface area contributed by atoms with Gasteiger partial charge in [0, 0.05) is 34.9 Å². The molecule has 0 spiro atoms. The van der Waals surface area contributed by atoms with E-state index in [-0.39, 0.29) is 0 Å². The van der Waals surface area contributed by atoms with Gasteiger partial charge < -0.3 is 5.32 Å². The van der Waals surface area contributed by atoms with Gasteiger partial charge in [-0.05, 0) is 50.3 Å². The van der Waals surface area contributed by atoms with E-state index in [9.17, 15) is 0 Å². The molecule has 1 aromatic rings. The van der Waals surface area contributed by atoms with Gasteiger partial charge in [-0.1, -0.05) is 20.3 Å². The molecule has 1 saturated carbocycles. The van der Waals surface area contributed by atoms with Gasteiger partial charge in [0.1, 0.15) is 0 Å². The van der Waals surface area contributed by atoms with E-state index in [1.807, 2.05) is 11.3 Å². The van der Waals surface area contributed by atoms with Crippen LogP contribution < -0.4 is 5.32 Å². The molecule has 1 aliphatic carbocycles. The van der Waals surface area contributed by atoms with E-state index in [4.69, 9.17) is 0 Å². The van der Waals surface area contributed by atoms with Crippen LogP contribution in [0.15, 0.2) is 12.1 Å². The lowest BCUT2D eigenvalue weighted by atomic mass is 9.92. The maximum atomic E-state index is 3.51. The summed E-state index contributed by atoms with van der Waals surface area (Å²) in [5.41, 5.74) is 0. The summed E-state index contributed by atoms with van der Waals surface area (Å²) in [5, 5.41) is 3.51. The molecule has 2 fully saturated rings. The maximum Gasteiger partial charge on any atom is 0.0331 e. The molecule has 2 unspecified atom stereocenters. The predicted molar refractivity (Wildman–Crippen MR) is 87.1 cm³/mol. The lowest BCUT2D eigenvalue weighted by Gasteiger charge is -2.37. The summed E-state index contributed by atoms with van der Waals surface area (Å²) < 4.78 is 0. The van der Waals surface area contributed by atoms with Crippen molar-refractivity contribution in [2.24, 2.45) is 5.92 Å². The highest BCUT2D eigenvalue weighted by atomic mass is 32.1. The second-order valence-corrected chi connectivity index (χ2v) is 8.03. The Bertz CT molecular complexity index is 426. The number of hydrogen-bond donors (Lipinski definition) is 1. The van der Waals surface area contributed by atoms with E-state index < -0.39 is 0 Å². The fourth-order valence-corrected chi connectivity index (χ4v) is 4.86. The number of fused-ring (bicyclic) bond motifs is 1. The van der Waals surface area contributed by atoms with Crippen LogP contribution in [0.25, 0.3) is 0 Å². The Labute approximate surface area is 127 Å². The first-order valence-corrected chi connectivity index (χ1v) is 9.09. The van der Waals surface area contributed by atoms with E-state index in [1.54, 1.807) is 4.88 Å². The van der Waals surface area contributed by atoms with Crippen molar-refractivity contribution in [3.8, 4) is 0 Å². The number of rotatable bonds is 5. The second kappa shape index (κ2) is 6.59. The van der Waals surface area contributed by atoms with Gasteiger partial charge in [-0.25, -0.2) is 0 Å². The van der Waals surface area contributed by atoms with Gasteiger partial charge in [0.2, 0.25) is 0 Å². The van der Waals surface area contributed by atoms with Gasteiger partial charge >= 0.3 is 0 Å². The molecule has 1 N–H and O–H groups in total. The summed E-state index contributed by atoms with van der Waals surface area (Å²) in [6.45, 7) is 7.95. The lowest BCUT2D eigenvalue weighted by Crippen LogP contribution is -2.41. The van der Waals surface area contributed by atoms with Crippen molar-refractivity contribution < 1.29 is 0 Å². The van der Waals surface area contributed by atoms with Gasteiger partial charge in [0.05, 0.1) is 0 Å². The molecule has 0 amide bonds. The average Bonchev–Trinajstić information content (AvgIpc) is 3.05. The molecular weight excluding hydrogens is 264 g/mol. The molecule has 20 heavy (non-hydrogen) atoms. The third kappa shape index (κ3) is 3.44. The van der Waals surface area contributed by atoms with Crippen LogP contribution in [-0.4, -0.2) is 23.5 Å². The second-order valence-electron chi connectivity index (χ2n) is 6.77. The Balaban J connectivity index is 1.57. The SMILES string of the molecule is CC(C)NCc1ccc(CN2CCCC3CCCC32)s1. The zero-order valence-electron chi connectivity index (χ0n) is 12.9. The van der Waals surface area contributed by atoms with Crippen LogP contribution in [0.2, 0.25) is 0 Å². The molecule has 3 heteroatoms. The van der Waals surface area contributed by atoms with Crippen LogP contribution >= 0.6 is 11.3 Å². The highest BCUT2D eigenvalue weighted by molar-refractivity contribution is 7.11. The largest absolute Gasteiger partial charge is 0.310 e. The summed E-state index contributed by atoms with van der Waals surface area (Å²) in [6, 6.07) is 6.12. The third-order valence-electron chi connectivity index (χ3n) is 4.87. The minimum Gasteiger partial charge on any atom is -0.310 e. The van der Waals surface area contributed by atoms with Crippen LogP contribution in [0.3, 0.4) is 0 Å². The zero-order chi connectivity index (χ0) is 13.9. The summed E-state index contributed by atoms with van der Waals surface area (Å²) in [5.74, 6) is 1.01. The fourth-order valence-electron chi connectivity index (χ4n) is 3.86. The first-order valence-electron chi connectivity index (χ1n) is 8.27. The van der Waals surface area contributed by atoms with Gasteiger partial charge in [-0.2, -0.15) is 0 Å².